The number of aliphatic hydroxyl groups excluding tert-OH is 1. The van der Waals surface area contributed by atoms with Crippen LogP contribution in [0.3, 0.4) is 0 Å². The fraction of sp³-hybridized carbons (Fsp3) is 1.00. The summed E-state index contributed by atoms with van der Waals surface area (Å²) >= 11 is 0. The van der Waals surface area contributed by atoms with E-state index in [2.05, 4.69) is 19.2 Å². The Balaban J connectivity index is 3.19. The molecule has 0 saturated carbocycles. The standard InChI is InChI=1S/C13H29NO/c1-4-6-7-9-12(3)14-11-8-10-13(15)5-2/h12-15H,4-11H2,1-3H3. The van der Waals surface area contributed by atoms with Gasteiger partial charge in [0.1, 0.15) is 0 Å². The molecule has 15 heavy (non-hydrogen) atoms. The summed E-state index contributed by atoms with van der Waals surface area (Å²) in [6.07, 6.45) is 8.08. The van der Waals surface area contributed by atoms with Crippen molar-refractivity contribution in [1.29, 1.82) is 0 Å². The van der Waals surface area contributed by atoms with E-state index in [1.807, 2.05) is 6.92 Å². The molecule has 0 saturated heterocycles. The second kappa shape index (κ2) is 10.4. The molecule has 92 valence electrons. The van der Waals surface area contributed by atoms with Crippen molar-refractivity contribution in [3.05, 3.63) is 0 Å². The van der Waals surface area contributed by atoms with Crippen LogP contribution in [0.25, 0.3) is 0 Å². The molecule has 0 aromatic carbocycles. The second-order valence-electron chi connectivity index (χ2n) is 4.56. The fourth-order valence-corrected chi connectivity index (χ4v) is 1.69. The lowest BCUT2D eigenvalue weighted by atomic mass is 10.1. The lowest BCUT2D eigenvalue weighted by Gasteiger charge is -2.14. The minimum atomic E-state index is -0.0952. The van der Waals surface area contributed by atoms with Gasteiger partial charge in [0.25, 0.3) is 0 Å². The van der Waals surface area contributed by atoms with Crippen LogP contribution >= 0.6 is 0 Å². The van der Waals surface area contributed by atoms with E-state index in [1.54, 1.807) is 0 Å². The zero-order chi connectivity index (χ0) is 11.5. The van der Waals surface area contributed by atoms with Gasteiger partial charge in [-0.2, -0.15) is 0 Å². The molecule has 0 aliphatic heterocycles. The maximum absolute atomic E-state index is 9.37. The molecule has 0 aliphatic rings. The van der Waals surface area contributed by atoms with Crippen molar-refractivity contribution in [2.24, 2.45) is 0 Å². The third-order valence-corrected chi connectivity index (χ3v) is 2.92. The van der Waals surface area contributed by atoms with Crippen LogP contribution in [0.4, 0.5) is 0 Å². The number of aliphatic hydroxyl groups is 1. The first-order valence-electron chi connectivity index (χ1n) is 6.62. The number of unbranched alkanes of at least 4 members (excludes halogenated alkanes) is 2. The predicted molar refractivity (Wildman–Crippen MR) is 67.1 cm³/mol. The summed E-state index contributed by atoms with van der Waals surface area (Å²) in [6, 6.07) is 0.635. The Bertz CT molecular complexity index is 128. The Morgan fingerprint density at radius 1 is 1.07 bits per heavy atom. The van der Waals surface area contributed by atoms with Crippen LogP contribution in [0.15, 0.2) is 0 Å². The van der Waals surface area contributed by atoms with Gasteiger partial charge in [-0.05, 0) is 39.2 Å². The van der Waals surface area contributed by atoms with Gasteiger partial charge < -0.3 is 10.4 Å². The molecule has 0 bridgehead atoms. The first-order valence-corrected chi connectivity index (χ1v) is 6.62. The molecule has 2 unspecified atom stereocenters. The molecule has 2 heteroatoms. The van der Waals surface area contributed by atoms with E-state index >= 15 is 0 Å². The molecule has 2 N–H and O–H groups in total. The van der Waals surface area contributed by atoms with E-state index in [0.29, 0.717) is 6.04 Å². The van der Waals surface area contributed by atoms with Gasteiger partial charge in [-0.1, -0.05) is 33.1 Å². The molecule has 2 atom stereocenters. The average Bonchev–Trinajstić information content (AvgIpc) is 2.24. The topological polar surface area (TPSA) is 32.3 Å². The Kier molecular flexibility index (Phi) is 10.4. The molecule has 0 rings (SSSR count). The Hall–Kier alpha value is -0.0800. The number of hydrogen-bond donors (Lipinski definition) is 2. The summed E-state index contributed by atoms with van der Waals surface area (Å²) in [5.41, 5.74) is 0. The summed E-state index contributed by atoms with van der Waals surface area (Å²) in [4.78, 5) is 0. The maximum Gasteiger partial charge on any atom is 0.0538 e. The maximum atomic E-state index is 9.37. The average molecular weight is 215 g/mol. The van der Waals surface area contributed by atoms with E-state index in [4.69, 9.17) is 0 Å². The lowest BCUT2D eigenvalue weighted by molar-refractivity contribution is 0.157. The van der Waals surface area contributed by atoms with Crippen molar-refractivity contribution < 1.29 is 5.11 Å². The zero-order valence-electron chi connectivity index (χ0n) is 10.8. The smallest absolute Gasteiger partial charge is 0.0538 e. The van der Waals surface area contributed by atoms with E-state index in [9.17, 15) is 5.11 Å². The Labute approximate surface area is 95.5 Å². The third kappa shape index (κ3) is 10.2. The SMILES string of the molecule is CCCCCC(C)NCCCC(O)CC. The highest BCUT2D eigenvalue weighted by atomic mass is 16.3. The van der Waals surface area contributed by atoms with Crippen molar-refractivity contribution >= 4 is 0 Å². The molecule has 0 aromatic heterocycles. The quantitative estimate of drug-likeness (QED) is 0.549. The molecule has 0 aromatic rings. The second-order valence-corrected chi connectivity index (χ2v) is 4.56. The fourth-order valence-electron chi connectivity index (χ4n) is 1.69. The molecule has 0 fully saturated rings. The van der Waals surface area contributed by atoms with Gasteiger partial charge in [0, 0.05) is 6.04 Å². The lowest BCUT2D eigenvalue weighted by Crippen LogP contribution is -2.27. The van der Waals surface area contributed by atoms with Crippen LogP contribution in [0.1, 0.15) is 65.7 Å². The Morgan fingerprint density at radius 3 is 2.40 bits per heavy atom. The minimum Gasteiger partial charge on any atom is -0.393 e. The van der Waals surface area contributed by atoms with E-state index in [0.717, 1.165) is 25.8 Å². The third-order valence-electron chi connectivity index (χ3n) is 2.92. The number of hydrogen-bond acceptors (Lipinski definition) is 2. The summed E-state index contributed by atoms with van der Waals surface area (Å²) in [5, 5.41) is 12.9. The van der Waals surface area contributed by atoms with Crippen LogP contribution < -0.4 is 5.32 Å². The van der Waals surface area contributed by atoms with Crippen molar-refractivity contribution in [3.8, 4) is 0 Å². The van der Waals surface area contributed by atoms with E-state index < -0.39 is 0 Å². The predicted octanol–water partition coefficient (Wildman–Crippen LogP) is 3.10. The van der Waals surface area contributed by atoms with Crippen molar-refractivity contribution in [3.63, 3.8) is 0 Å². The minimum absolute atomic E-state index is 0.0952. The van der Waals surface area contributed by atoms with Gasteiger partial charge in [0.05, 0.1) is 6.10 Å². The van der Waals surface area contributed by atoms with Crippen LogP contribution in [0, 0.1) is 0 Å². The van der Waals surface area contributed by atoms with Gasteiger partial charge in [-0.3, -0.25) is 0 Å². The zero-order valence-corrected chi connectivity index (χ0v) is 10.8. The van der Waals surface area contributed by atoms with Crippen LogP contribution in [-0.2, 0) is 0 Å². The highest BCUT2D eigenvalue weighted by molar-refractivity contribution is 4.62. The summed E-state index contributed by atoms with van der Waals surface area (Å²) in [7, 11) is 0. The Morgan fingerprint density at radius 2 is 1.80 bits per heavy atom. The largest absolute Gasteiger partial charge is 0.393 e. The van der Waals surface area contributed by atoms with Gasteiger partial charge >= 0.3 is 0 Å². The normalized spacial score (nSPS) is 15.2. The van der Waals surface area contributed by atoms with Crippen molar-refractivity contribution in [2.75, 3.05) is 6.54 Å². The van der Waals surface area contributed by atoms with Crippen molar-refractivity contribution in [2.45, 2.75) is 77.9 Å². The van der Waals surface area contributed by atoms with E-state index in [1.165, 1.54) is 25.7 Å². The molecule has 0 aliphatic carbocycles. The molecule has 0 heterocycles. The molecule has 0 spiro atoms. The van der Waals surface area contributed by atoms with Gasteiger partial charge in [-0.15, -0.1) is 0 Å². The molecule has 2 nitrogen and oxygen atoms in total. The number of nitrogens with one attached hydrogen (secondary N) is 1. The van der Waals surface area contributed by atoms with Gasteiger partial charge in [0.15, 0.2) is 0 Å². The van der Waals surface area contributed by atoms with Crippen LogP contribution in [0.5, 0.6) is 0 Å². The first-order chi connectivity index (χ1) is 7.20. The highest BCUT2D eigenvalue weighted by Crippen LogP contribution is 2.04. The molecule has 0 amide bonds. The molecular weight excluding hydrogens is 186 g/mol. The highest BCUT2D eigenvalue weighted by Gasteiger charge is 2.02. The summed E-state index contributed by atoms with van der Waals surface area (Å²) in [6.45, 7) is 7.58. The molecule has 0 radical (unpaired) electrons. The van der Waals surface area contributed by atoms with Crippen molar-refractivity contribution in [1.82, 2.24) is 5.32 Å². The van der Waals surface area contributed by atoms with Crippen LogP contribution in [0.2, 0.25) is 0 Å². The summed E-state index contributed by atoms with van der Waals surface area (Å²) < 4.78 is 0. The van der Waals surface area contributed by atoms with Gasteiger partial charge in [0.2, 0.25) is 0 Å². The van der Waals surface area contributed by atoms with E-state index in [-0.39, 0.29) is 6.10 Å². The first kappa shape index (κ1) is 14.9. The van der Waals surface area contributed by atoms with Gasteiger partial charge in [-0.25, -0.2) is 0 Å². The van der Waals surface area contributed by atoms with Crippen LogP contribution in [-0.4, -0.2) is 23.8 Å². The monoisotopic (exact) mass is 215 g/mol. The summed E-state index contributed by atoms with van der Waals surface area (Å²) in [5.74, 6) is 0. The number of rotatable bonds is 10. The molecular formula is C13H29NO.